The lowest BCUT2D eigenvalue weighted by molar-refractivity contribution is 0.482. The Kier molecular flexibility index (Phi) is 4.89. The van der Waals surface area contributed by atoms with Gasteiger partial charge >= 0.3 is 0 Å². The van der Waals surface area contributed by atoms with Crippen molar-refractivity contribution in [3.63, 3.8) is 0 Å². The second kappa shape index (κ2) is 5.71. The van der Waals surface area contributed by atoms with E-state index in [2.05, 4.69) is 0 Å². The molecule has 1 aliphatic rings. The molecule has 14 heavy (non-hydrogen) atoms. The molecule has 1 fully saturated rings. The fourth-order valence-corrected chi connectivity index (χ4v) is 4.03. The maximum atomic E-state index is 11.8. The third kappa shape index (κ3) is 3.58. The Balaban J connectivity index is 2.38. The van der Waals surface area contributed by atoms with Gasteiger partial charge in [0, 0.05) is 0 Å². The minimum Gasteiger partial charge on any atom is -0.330 e. The monoisotopic (exact) mass is 219 g/mol. The maximum absolute atomic E-state index is 11.8. The quantitative estimate of drug-likeness (QED) is 0.712. The zero-order valence-electron chi connectivity index (χ0n) is 8.74. The van der Waals surface area contributed by atoms with E-state index in [-0.39, 0.29) is 5.25 Å². The lowest BCUT2D eigenvalue weighted by atomic mass is 10.0. The first-order valence-corrected chi connectivity index (χ1v) is 7.30. The highest BCUT2D eigenvalue weighted by molar-refractivity contribution is 7.92. The summed E-state index contributed by atoms with van der Waals surface area (Å²) in [5.74, 6) is 0.342. The number of hydrogen-bond donors (Lipinski definition) is 1. The van der Waals surface area contributed by atoms with E-state index < -0.39 is 9.84 Å². The molecular formula is C10H21NO2S. The van der Waals surface area contributed by atoms with Gasteiger partial charge in [-0.3, -0.25) is 0 Å². The predicted octanol–water partition coefficient (Wildman–Crippen LogP) is 1.47. The molecule has 0 aromatic carbocycles. The molecule has 1 rings (SSSR count). The smallest absolute Gasteiger partial charge is 0.153 e. The normalized spacial score (nSPS) is 19.8. The molecular weight excluding hydrogens is 198 g/mol. The number of sulfone groups is 1. The Bertz CT molecular complexity index is 243. The fraction of sp³-hybridized carbons (Fsp3) is 1.00. The average Bonchev–Trinajstić information content (AvgIpc) is 2.19. The van der Waals surface area contributed by atoms with Crippen molar-refractivity contribution in [1.29, 1.82) is 0 Å². The van der Waals surface area contributed by atoms with Crippen LogP contribution >= 0.6 is 0 Å². The first kappa shape index (κ1) is 12.0. The average molecular weight is 219 g/mol. The van der Waals surface area contributed by atoms with Gasteiger partial charge in [0.05, 0.1) is 11.0 Å². The maximum Gasteiger partial charge on any atom is 0.153 e. The van der Waals surface area contributed by atoms with E-state index >= 15 is 0 Å². The Hall–Kier alpha value is -0.0900. The van der Waals surface area contributed by atoms with Crippen molar-refractivity contribution >= 4 is 9.84 Å². The van der Waals surface area contributed by atoms with Crippen molar-refractivity contribution in [1.82, 2.24) is 0 Å². The largest absolute Gasteiger partial charge is 0.330 e. The molecule has 3 nitrogen and oxygen atoms in total. The van der Waals surface area contributed by atoms with Crippen LogP contribution in [0.15, 0.2) is 0 Å². The predicted molar refractivity (Wildman–Crippen MR) is 58.9 cm³/mol. The molecule has 0 bridgehead atoms. The van der Waals surface area contributed by atoms with Crippen molar-refractivity contribution < 1.29 is 8.42 Å². The van der Waals surface area contributed by atoms with Crippen molar-refractivity contribution in [3.05, 3.63) is 0 Å². The third-order valence-corrected chi connectivity index (χ3v) is 5.29. The van der Waals surface area contributed by atoms with Crippen LogP contribution in [-0.2, 0) is 9.84 Å². The van der Waals surface area contributed by atoms with E-state index in [0.29, 0.717) is 12.3 Å². The van der Waals surface area contributed by atoms with Crippen molar-refractivity contribution in [2.45, 2.75) is 50.2 Å². The highest BCUT2D eigenvalue weighted by Gasteiger charge is 2.26. The van der Waals surface area contributed by atoms with Crippen LogP contribution in [0.4, 0.5) is 0 Å². The molecule has 2 N–H and O–H groups in total. The van der Waals surface area contributed by atoms with Gasteiger partial charge < -0.3 is 5.73 Å². The first-order valence-electron chi connectivity index (χ1n) is 5.58. The standard InChI is InChI=1S/C10H21NO2S/c11-8-4-5-9-14(12,13)10-6-2-1-3-7-10/h10H,1-9,11H2. The number of hydrogen-bond acceptors (Lipinski definition) is 3. The van der Waals surface area contributed by atoms with Crippen molar-refractivity contribution in [3.8, 4) is 0 Å². The molecule has 1 saturated carbocycles. The van der Waals surface area contributed by atoms with Crippen molar-refractivity contribution in [2.24, 2.45) is 5.73 Å². The van der Waals surface area contributed by atoms with Crippen LogP contribution in [0.2, 0.25) is 0 Å². The molecule has 84 valence electrons. The van der Waals surface area contributed by atoms with Crippen LogP contribution in [0, 0.1) is 0 Å². The molecule has 0 spiro atoms. The van der Waals surface area contributed by atoms with Gasteiger partial charge in [-0.1, -0.05) is 19.3 Å². The summed E-state index contributed by atoms with van der Waals surface area (Å²) in [6.45, 7) is 0.597. The number of nitrogens with two attached hydrogens (primary N) is 1. The van der Waals surface area contributed by atoms with E-state index in [9.17, 15) is 8.42 Å². The minimum absolute atomic E-state index is 0.0472. The van der Waals surface area contributed by atoms with Gasteiger partial charge in [0.25, 0.3) is 0 Å². The highest BCUT2D eigenvalue weighted by atomic mass is 32.2. The molecule has 4 heteroatoms. The summed E-state index contributed by atoms with van der Waals surface area (Å²) in [6, 6.07) is 0. The molecule has 0 aliphatic heterocycles. The molecule has 0 amide bonds. The molecule has 0 radical (unpaired) electrons. The lowest BCUT2D eigenvalue weighted by Crippen LogP contribution is -2.26. The first-order chi connectivity index (χ1) is 6.67. The van der Waals surface area contributed by atoms with Crippen LogP contribution < -0.4 is 5.73 Å². The van der Waals surface area contributed by atoms with Crippen LogP contribution in [0.3, 0.4) is 0 Å². The van der Waals surface area contributed by atoms with E-state index in [1.165, 1.54) is 6.42 Å². The molecule has 0 aromatic rings. The van der Waals surface area contributed by atoms with E-state index in [4.69, 9.17) is 5.73 Å². The number of rotatable bonds is 5. The van der Waals surface area contributed by atoms with Crippen LogP contribution in [-0.4, -0.2) is 26.0 Å². The Morgan fingerprint density at radius 1 is 1.07 bits per heavy atom. The van der Waals surface area contributed by atoms with Crippen molar-refractivity contribution in [2.75, 3.05) is 12.3 Å². The van der Waals surface area contributed by atoms with E-state index in [1.54, 1.807) is 0 Å². The van der Waals surface area contributed by atoms with Gasteiger partial charge in [-0.05, 0) is 32.2 Å². The van der Waals surface area contributed by atoms with Gasteiger partial charge in [0.15, 0.2) is 9.84 Å². The van der Waals surface area contributed by atoms with Gasteiger partial charge in [-0.15, -0.1) is 0 Å². The van der Waals surface area contributed by atoms with E-state index in [1.807, 2.05) is 0 Å². The topological polar surface area (TPSA) is 60.2 Å². The minimum atomic E-state index is -2.81. The molecule has 0 aromatic heterocycles. The van der Waals surface area contributed by atoms with Crippen LogP contribution in [0.5, 0.6) is 0 Å². The van der Waals surface area contributed by atoms with Crippen LogP contribution in [0.25, 0.3) is 0 Å². The van der Waals surface area contributed by atoms with Gasteiger partial charge in [0.2, 0.25) is 0 Å². The summed E-state index contributed by atoms with van der Waals surface area (Å²) in [5.41, 5.74) is 5.34. The molecule has 0 atom stereocenters. The fourth-order valence-electron chi connectivity index (χ4n) is 2.04. The second-order valence-electron chi connectivity index (χ2n) is 4.12. The summed E-state index contributed by atoms with van der Waals surface area (Å²) in [5, 5.41) is -0.0472. The Morgan fingerprint density at radius 2 is 1.71 bits per heavy atom. The van der Waals surface area contributed by atoms with Gasteiger partial charge in [-0.25, -0.2) is 8.42 Å². The van der Waals surface area contributed by atoms with Gasteiger partial charge in [-0.2, -0.15) is 0 Å². The van der Waals surface area contributed by atoms with E-state index in [0.717, 1.165) is 38.5 Å². The molecule has 1 aliphatic carbocycles. The summed E-state index contributed by atoms with van der Waals surface area (Å²) in [4.78, 5) is 0. The summed E-state index contributed by atoms with van der Waals surface area (Å²) in [7, 11) is -2.81. The Labute approximate surface area is 87.0 Å². The summed E-state index contributed by atoms with van der Waals surface area (Å²) < 4.78 is 23.6. The molecule has 0 heterocycles. The highest BCUT2D eigenvalue weighted by Crippen LogP contribution is 2.24. The Morgan fingerprint density at radius 3 is 2.29 bits per heavy atom. The zero-order valence-corrected chi connectivity index (χ0v) is 9.56. The van der Waals surface area contributed by atoms with Crippen LogP contribution in [0.1, 0.15) is 44.9 Å². The summed E-state index contributed by atoms with van der Waals surface area (Å²) in [6.07, 6.45) is 6.69. The SMILES string of the molecule is NCCCCS(=O)(=O)C1CCCCC1. The molecule has 0 saturated heterocycles. The number of unbranched alkanes of at least 4 members (excludes halogenated alkanes) is 1. The zero-order chi connectivity index (χ0) is 10.4. The second-order valence-corrected chi connectivity index (χ2v) is 6.52. The third-order valence-electron chi connectivity index (χ3n) is 2.94. The van der Waals surface area contributed by atoms with Gasteiger partial charge in [0.1, 0.15) is 0 Å². The molecule has 0 unspecified atom stereocenters. The summed E-state index contributed by atoms with van der Waals surface area (Å²) >= 11 is 0. The lowest BCUT2D eigenvalue weighted by Gasteiger charge is -2.21.